The second-order valence-electron chi connectivity index (χ2n) is 41.9. The Morgan fingerprint density at radius 3 is 0.174 bits per heavy atom. The van der Waals surface area contributed by atoms with E-state index in [1.165, 1.54) is 745 Å². The van der Waals surface area contributed by atoms with Crippen molar-refractivity contribution in [1.29, 1.82) is 0 Å². The summed E-state index contributed by atoms with van der Waals surface area (Å²) in [5, 5.41) is 0. The van der Waals surface area contributed by atoms with E-state index in [0.29, 0.717) is 0 Å². The molecule has 1 heteroatoms. The zero-order valence-corrected chi connectivity index (χ0v) is 85.8. The van der Waals surface area contributed by atoms with Crippen LogP contribution < -0.4 is 0 Å². The molecule has 0 saturated heterocycles. The van der Waals surface area contributed by atoms with Gasteiger partial charge < -0.3 is 4.74 Å². The Kier molecular flexibility index (Phi) is 120. The highest BCUT2D eigenvalue weighted by atomic mass is 16.5. The van der Waals surface area contributed by atoms with Crippen LogP contribution in [0.15, 0.2) is 0 Å². The Labute approximate surface area is 771 Å². The largest absolute Gasteiger partial charge is 0.381 e. The van der Waals surface area contributed by atoms with Crippen LogP contribution in [-0.2, 0) is 4.74 Å². The molecule has 0 rings (SSSR count). The summed E-state index contributed by atoms with van der Waals surface area (Å²) in [6, 6.07) is 0. The Balaban J connectivity index is 3.10. The summed E-state index contributed by atoms with van der Waals surface area (Å²) >= 11 is 0. The molecule has 0 radical (unpaired) electrons. The summed E-state index contributed by atoms with van der Waals surface area (Å²) in [4.78, 5) is 0. The van der Waals surface area contributed by atoms with Crippen molar-refractivity contribution in [2.24, 2.45) is 0 Å². The van der Waals surface area contributed by atoms with Gasteiger partial charge in [0.1, 0.15) is 0 Å². The van der Waals surface area contributed by atoms with Crippen LogP contribution in [0.3, 0.4) is 0 Å². The maximum Gasteiger partial charge on any atom is 0.0466 e. The van der Waals surface area contributed by atoms with Crippen LogP contribution in [0.4, 0.5) is 0 Å². The molecule has 0 amide bonds. The van der Waals surface area contributed by atoms with Crippen molar-refractivity contribution in [2.45, 2.75) is 759 Å². The lowest BCUT2D eigenvalue weighted by Crippen LogP contribution is -1.97. The number of hydrogen-bond donors (Lipinski definition) is 0. The lowest BCUT2D eigenvalue weighted by Gasteiger charge is -2.06. The molecule has 0 N–H and O–H groups in total. The van der Waals surface area contributed by atoms with Crippen molar-refractivity contribution < 1.29 is 4.74 Å². The molecule has 1 nitrogen and oxygen atoms in total. The van der Waals surface area contributed by atoms with E-state index in [1.54, 1.807) is 0 Å². The first-order chi connectivity index (χ1) is 60.4. The molecular formula is C120H242O. The minimum absolute atomic E-state index is 1.000. The van der Waals surface area contributed by atoms with Gasteiger partial charge >= 0.3 is 0 Å². The minimum atomic E-state index is 1.000. The molecule has 0 bridgehead atoms. The lowest BCUT2D eigenvalue weighted by molar-refractivity contribution is 0.125. The normalized spacial score (nSPS) is 11.9. The highest BCUT2D eigenvalue weighted by molar-refractivity contribution is 4.61. The molecule has 0 heterocycles. The maximum atomic E-state index is 6.01. The monoisotopic (exact) mass is 1700 g/mol. The average Bonchev–Trinajstić information content (AvgIpc) is 2.28. The third-order valence-electron chi connectivity index (χ3n) is 29.3. The summed E-state index contributed by atoms with van der Waals surface area (Å²) in [6.07, 6.45) is 172. The number of ether oxygens (including phenoxy) is 1. The van der Waals surface area contributed by atoms with E-state index in [-0.39, 0.29) is 0 Å². The van der Waals surface area contributed by atoms with Crippen molar-refractivity contribution in [2.75, 3.05) is 13.2 Å². The molecule has 0 fully saturated rings. The predicted molar refractivity (Wildman–Crippen MR) is 558 cm³/mol. The van der Waals surface area contributed by atoms with Gasteiger partial charge in [0, 0.05) is 13.2 Å². The highest BCUT2D eigenvalue weighted by Crippen LogP contribution is 2.25. The molecule has 0 unspecified atom stereocenters. The second-order valence-corrected chi connectivity index (χ2v) is 41.9. The SMILES string of the molecule is CCCCCCCCCCCCCCCCCCCCCCCCCCCCCCCCCCCCCCCCCCCCCCCCCCCCCCCCCCCCOCCCCCCCCCCCCCCCCCCCCCCCCCCCCCCCCCCCCCCCCCCCCCCCCCCCCCCCCCCCC. The third-order valence-corrected chi connectivity index (χ3v) is 29.3. The average molecular weight is 1700 g/mol. The molecule has 0 aliphatic carbocycles. The van der Waals surface area contributed by atoms with Gasteiger partial charge in [0.2, 0.25) is 0 Å². The van der Waals surface area contributed by atoms with Gasteiger partial charge in [-0.3, -0.25) is 0 Å². The van der Waals surface area contributed by atoms with Gasteiger partial charge in [0.05, 0.1) is 0 Å². The van der Waals surface area contributed by atoms with E-state index in [0.717, 1.165) is 13.2 Å². The molecule has 0 aliphatic heterocycles. The van der Waals surface area contributed by atoms with Gasteiger partial charge in [-0.05, 0) is 12.8 Å². The van der Waals surface area contributed by atoms with Crippen LogP contribution in [0.1, 0.15) is 759 Å². The molecule has 0 aromatic carbocycles. The smallest absolute Gasteiger partial charge is 0.0466 e. The van der Waals surface area contributed by atoms with Gasteiger partial charge in [-0.1, -0.05) is 746 Å². The van der Waals surface area contributed by atoms with Crippen LogP contribution in [0.2, 0.25) is 0 Å². The van der Waals surface area contributed by atoms with Gasteiger partial charge in [0.25, 0.3) is 0 Å². The summed E-state index contributed by atoms with van der Waals surface area (Å²) in [5.41, 5.74) is 0. The van der Waals surface area contributed by atoms with Crippen LogP contribution in [0, 0.1) is 0 Å². The van der Waals surface area contributed by atoms with E-state index in [9.17, 15) is 0 Å². The molecule has 0 aromatic rings. The molecule has 121 heavy (non-hydrogen) atoms. The Hall–Kier alpha value is -0.0400. The maximum absolute atomic E-state index is 6.01. The summed E-state index contributed by atoms with van der Waals surface area (Å²) in [6.45, 7) is 6.64. The molecule has 0 spiro atoms. The second kappa shape index (κ2) is 120. The van der Waals surface area contributed by atoms with Gasteiger partial charge in [-0.2, -0.15) is 0 Å². The fourth-order valence-electron chi connectivity index (χ4n) is 20.5. The van der Waals surface area contributed by atoms with Crippen molar-refractivity contribution >= 4 is 0 Å². The zero-order valence-electron chi connectivity index (χ0n) is 85.8. The molecule has 728 valence electrons. The fraction of sp³-hybridized carbons (Fsp3) is 1.00. The van der Waals surface area contributed by atoms with Crippen LogP contribution >= 0.6 is 0 Å². The van der Waals surface area contributed by atoms with E-state index in [1.807, 2.05) is 0 Å². The zero-order chi connectivity index (χ0) is 86.1. The van der Waals surface area contributed by atoms with Gasteiger partial charge in [-0.15, -0.1) is 0 Å². The first-order valence-electron chi connectivity index (χ1n) is 60.0. The summed E-state index contributed by atoms with van der Waals surface area (Å²) in [5.74, 6) is 0. The minimum Gasteiger partial charge on any atom is -0.381 e. The summed E-state index contributed by atoms with van der Waals surface area (Å²) < 4.78 is 6.01. The molecule has 0 aromatic heterocycles. The first-order valence-corrected chi connectivity index (χ1v) is 60.0. The Morgan fingerprint density at radius 2 is 0.116 bits per heavy atom. The van der Waals surface area contributed by atoms with Crippen LogP contribution in [0.25, 0.3) is 0 Å². The number of rotatable bonds is 118. The number of unbranched alkanes of at least 4 members (excludes halogenated alkanes) is 114. The topological polar surface area (TPSA) is 9.23 Å². The van der Waals surface area contributed by atoms with E-state index in [4.69, 9.17) is 4.74 Å². The Morgan fingerprint density at radius 1 is 0.0661 bits per heavy atom. The quantitative estimate of drug-likeness (QED) is 0.0552. The van der Waals surface area contributed by atoms with Crippen LogP contribution in [0.5, 0.6) is 0 Å². The van der Waals surface area contributed by atoms with Gasteiger partial charge in [-0.25, -0.2) is 0 Å². The van der Waals surface area contributed by atoms with Crippen molar-refractivity contribution in [1.82, 2.24) is 0 Å². The molecule has 0 saturated carbocycles. The predicted octanol–water partition coefficient (Wildman–Crippen LogP) is 46.3. The lowest BCUT2D eigenvalue weighted by atomic mass is 10.0. The van der Waals surface area contributed by atoms with Crippen molar-refractivity contribution in [3.8, 4) is 0 Å². The van der Waals surface area contributed by atoms with E-state index in [2.05, 4.69) is 13.8 Å². The first kappa shape index (κ1) is 121. The molecule has 0 atom stereocenters. The Bertz CT molecular complexity index is 1460. The summed E-state index contributed by atoms with van der Waals surface area (Å²) in [7, 11) is 0. The van der Waals surface area contributed by atoms with Crippen molar-refractivity contribution in [3.05, 3.63) is 0 Å². The standard InChI is InChI=1S/C120H242O/c1-3-5-7-9-11-13-15-17-19-21-23-25-27-29-31-33-35-37-39-41-43-45-47-49-51-53-55-57-59-61-63-65-67-69-71-73-75-77-79-81-83-85-87-89-91-93-95-97-99-101-103-105-107-109-111-113-115-117-119-121-120-118-116-114-112-110-108-106-104-102-100-98-96-94-92-90-88-86-84-82-80-78-76-74-72-70-68-66-64-62-60-58-56-54-52-50-48-46-44-42-40-38-36-34-32-30-28-26-24-22-20-18-16-14-12-10-8-6-4-2/h3-120H2,1-2H3. The van der Waals surface area contributed by atoms with Crippen molar-refractivity contribution in [3.63, 3.8) is 0 Å². The highest BCUT2D eigenvalue weighted by Gasteiger charge is 2.06. The van der Waals surface area contributed by atoms with Crippen LogP contribution in [-0.4, -0.2) is 13.2 Å². The molecular weight excluding hydrogens is 1460 g/mol. The number of hydrogen-bond acceptors (Lipinski definition) is 1. The third kappa shape index (κ3) is 120. The van der Waals surface area contributed by atoms with E-state index < -0.39 is 0 Å². The van der Waals surface area contributed by atoms with Gasteiger partial charge in [0.15, 0.2) is 0 Å². The molecule has 0 aliphatic rings. The fourth-order valence-corrected chi connectivity index (χ4v) is 20.5. The van der Waals surface area contributed by atoms with E-state index >= 15 is 0 Å².